The molecule has 0 rings (SSSR count). The molecule has 0 aromatic rings. The Morgan fingerprint density at radius 1 is 1.56 bits per heavy atom. The summed E-state index contributed by atoms with van der Waals surface area (Å²) in [6, 6.07) is 0. The van der Waals surface area contributed by atoms with Crippen LogP contribution in [0.3, 0.4) is 0 Å². The van der Waals surface area contributed by atoms with E-state index < -0.39 is 11.7 Å². The molecule has 1 unspecified atom stereocenters. The lowest BCUT2D eigenvalue weighted by Gasteiger charge is -2.16. The van der Waals surface area contributed by atoms with E-state index in [1.807, 2.05) is 0 Å². The molecule has 0 bridgehead atoms. The monoisotopic (exact) mass is 131 g/mol. The normalized spacial score (nSPS) is 15.7. The highest BCUT2D eigenvalue weighted by atomic mass is 16.3. The van der Waals surface area contributed by atoms with E-state index in [1.54, 1.807) is 20.8 Å². The molecule has 2 heteroatoms. The Hall–Kier alpha value is -0.0800. The maximum Gasteiger partial charge on any atom is 0.0903 e. The Morgan fingerprint density at radius 2 is 2.00 bits per heavy atom. The van der Waals surface area contributed by atoms with Gasteiger partial charge in [-0.3, -0.25) is 0 Å². The summed E-state index contributed by atoms with van der Waals surface area (Å²) >= 11 is 0. The van der Waals surface area contributed by atoms with Crippen molar-refractivity contribution >= 4 is 0 Å². The van der Waals surface area contributed by atoms with Gasteiger partial charge in [0.05, 0.1) is 11.7 Å². The second-order valence-corrected chi connectivity index (χ2v) is 3.16. The SMILES string of the molecule is CC([O])CCC(C)(C)O. The van der Waals surface area contributed by atoms with Crippen LogP contribution in [-0.2, 0) is 5.11 Å². The molecule has 0 aromatic carbocycles. The highest BCUT2D eigenvalue weighted by molar-refractivity contribution is 4.65. The van der Waals surface area contributed by atoms with Crippen molar-refractivity contribution in [3.63, 3.8) is 0 Å². The molecule has 0 aliphatic carbocycles. The number of hydrogen-bond acceptors (Lipinski definition) is 1. The van der Waals surface area contributed by atoms with E-state index in [2.05, 4.69) is 0 Å². The summed E-state index contributed by atoms with van der Waals surface area (Å²) < 4.78 is 0. The predicted octanol–water partition coefficient (Wildman–Crippen LogP) is 1.36. The second-order valence-electron chi connectivity index (χ2n) is 3.16. The first kappa shape index (κ1) is 8.92. The number of rotatable bonds is 3. The lowest BCUT2D eigenvalue weighted by molar-refractivity contribution is 0.0340. The fourth-order valence-corrected chi connectivity index (χ4v) is 0.556. The van der Waals surface area contributed by atoms with Gasteiger partial charge in [0.15, 0.2) is 0 Å². The molecule has 0 fully saturated rings. The van der Waals surface area contributed by atoms with Gasteiger partial charge in [-0.25, -0.2) is 5.11 Å². The molecular weight excluding hydrogens is 116 g/mol. The van der Waals surface area contributed by atoms with Gasteiger partial charge in [0.1, 0.15) is 0 Å². The molecule has 1 atom stereocenters. The van der Waals surface area contributed by atoms with Crippen LogP contribution >= 0.6 is 0 Å². The first-order valence-electron chi connectivity index (χ1n) is 3.30. The molecule has 0 aliphatic rings. The average Bonchev–Trinajstić information content (AvgIpc) is 1.59. The van der Waals surface area contributed by atoms with Crippen molar-refractivity contribution in [3.05, 3.63) is 0 Å². The number of aliphatic hydroxyl groups is 1. The van der Waals surface area contributed by atoms with Crippen molar-refractivity contribution in [3.8, 4) is 0 Å². The minimum atomic E-state index is -0.668. The Kier molecular flexibility index (Phi) is 3.15. The van der Waals surface area contributed by atoms with Gasteiger partial charge >= 0.3 is 0 Å². The van der Waals surface area contributed by atoms with Gasteiger partial charge in [-0.2, -0.15) is 0 Å². The van der Waals surface area contributed by atoms with Crippen LogP contribution in [0.25, 0.3) is 0 Å². The van der Waals surface area contributed by atoms with Crippen LogP contribution in [0.5, 0.6) is 0 Å². The van der Waals surface area contributed by atoms with Gasteiger partial charge in [0.25, 0.3) is 0 Å². The molecule has 0 spiro atoms. The molecule has 0 saturated heterocycles. The molecule has 9 heavy (non-hydrogen) atoms. The van der Waals surface area contributed by atoms with Crippen LogP contribution in [0.4, 0.5) is 0 Å². The van der Waals surface area contributed by atoms with E-state index in [0.717, 1.165) is 0 Å². The summed E-state index contributed by atoms with van der Waals surface area (Å²) in [7, 11) is 0. The Balaban J connectivity index is 3.28. The smallest absolute Gasteiger partial charge is 0.0903 e. The average molecular weight is 131 g/mol. The van der Waals surface area contributed by atoms with E-state index >= 15 is 0 Å². The lowest BCUT2D eigenvalue weighted by atomic mass is 10.0. The van der Waals surface area contributed by atoms with Crippen LogP contribution in [0.1, 0.15) is 33.6 Å². The maximum atomic E-state index is 10.5. The molecule has 1 N–H and O–H groups in total. The van der Waals surface area contributed by atoms with Crippen LogP contribution in [0, 0.1) is 0 Å². The zero-order valence-corrected chi connectivity index (χ0v) is 6.35. The van der Waals surface area contributed by atoms with E-state index in [9.17, 15) is 5.11 Å². The van der Waals surface area contributed by atoms with Gasteiger partial charge in [-0.15, -0.1) is 0 Å². The summed E-state index contributed by atoms with van der Waals surface area (Å²) in [5, 5.41) is 19.6. The summed E-state index contributed by atoms with van der Waals surface area (Å²) in [6.07, 6.45) is 0.609. The molecule has 0 saturated carbocycles. The van der Waals surface area contributed by atoms with Gasteiger partial charge in [0, 0.05) is 0 Å². The van der Waals surface area contributed by atoms with Gasteiger partial charge < -0.3 is 5.11 Å². The van der Waals surface area contributed by atoms with Crippen molar-refractivity contribution < 1.29 is 10.2 Å². The fraction of sp³-hybridized carbons (Fsp3) is 1.00. The molecule has 1 radical (unpaired) electrons. The first-order valence-corrected chi connectivity index (χ1v) is 3.30. The number of hydrogen-bond donors (Lipinski definition) is 1. The Labute approximate surface area is 56.5 Å². The Morgan fingerprint density at radius 3 is 2.11 bits per heavy atom. The third-order valence-corrected chi connectivity index (χ3v) is 1.16. The van der Waals surface area contributed by atoms with Crippen molar-refractivity contribution in [2.75, 3.05) is 0 Å². The lowest BCUT2D eigenvalue weighted by Crippen LogP contribution is -2.19. The second kappa shape index (κ2) is 3.18. The molecule has 0 amide bonds. The van der Waals surface area contributed by atoms with Crippen molar-refractivity contribution in [2.45, 2.75) is 45.3 Å². The summed E-state index contributed by atoms with van der Waals surface area (Å²) in [5.74, 6) is 0. The van der Waals surface area contributed by atoms with Crippen molar-refractivity contribution in [1.82, 2.24) is 0 Å². The summed E-state index contributed by atoms with van der Waals surface area (Å²) in [5.41, 5.74) is -0.668. The third-order valence-electron chi connectivity index (χ3n) is 1.16. The maximum absolute atomic E-state index is 10.5. The first-order chi connectivity index (χ1) is 3.92. The van der Waals surface area contributed by atoms with E-state index in [-0.39, 0.29) is 0 Å². The standard InChI is InChI=1S/C7H15O2/c1-6(8)4-5-7(2,3)9/h6,9H,4-5H2,1-3H3. The van der Waals surface area contributed by atoms with Crippen LogP contribution in [0.2, 0.25) is 0 Å². The van der Waals surface area contributed by atoms with Crippen molar-refractivity contribution in [2.24, 2.45) is 0 Å². The zero-order chi connectivity index (χ0) is 7.49. The van der Waals surface area contributed by atoms with E-state index in [0.29, 0.717) is 12.8 Å². The highest BCUT2D eigenvalue weighted by Crippen LogP contribution is 2.11. The topological polar surface area (TPSA) is 40.1 Å². The highest BCUT2D eigenvalue weighted by Gasteiger charge is 2.13. The molecule has 2 nitrogen and oxygen atoms in total. The molecule has 0 aromatic heterocycles. The fourth-order valence-electron chi connectivity index (χ4n) is 0.556. The minimum Gasteiger partial charge on any atom is -0.390 e. The van der Waals surface area contributed by atoms with Crippen LogP contribution < -0.4 is 0 Å². The van der Waals surface area contributed by atoms with E-state index in [1.165, 1.54) is 0 Å². The van der Waals surface area contributed by atoms with Crippen LogP contribution in [-0.4, -0.2) is 16.8 Å². The molecule has 55 valence electrons. The quantitative estimate of drug-likeness (QED) is 0.617. The minimum absolute atomic E-state index is 0.545. The largest absolute Gasteiger partial charge is 0.390 e. The van der Waals surface area contributed by atoms with Crippen molar-refractivity contribution in [1.29, 1.82) is 0 Å². The zero-order valence-electron chi connectivity index (χ0n) is 6.35. The van der Waals surface area contributed by atoms with Gasteiger partial charge in [-0.05, 0) is 33.6 Å². The summed E-state index contributed by atoms with van der Waals surface area (Å²) in [4.78, 5) is 0. The Bertz CT molecular complexity index is 71.5. The van der Waals surface area contributed by atoms with E-state index in [4.69, 9.17) is 5.11 Å². The van der Waals surface area contributed by atoms with Crippen LogP contribution in [0.15, 0.2) is 0 Å². The van der Waals surface area contributed by atoms with Gasteiger partial charge in [-0.1, -0.05) is 0 Å². The van der Waals surface area contributed by atoms with Gasteiger partial charge in [0.2, 0.25) is 0 Å². The molecule has 0 heterocycles. The molecular formula is C7H15O2. The third kappa shape index (κ3) is 7.92. The molecule has 0 aliphatic heterocycles. The summed E-state index contributed by atoms with van der Waals surface area (Å²) in [6.45, 7) is 5.05. The predicted molar refractivity (Wildman–Crippen MR) is 35.7 cm³/mol.